The van der Waals surface area contributed by atoms with E-state index >= 15 is 0 Å². The minimum atomic E-state index is -0.543. The van der Waals surface area contributed by atoms with Crippen molar-refractivity contribution in [2.75, 3.05) is 0 Å². The summed E-state index contributed by atoms with van der Waals surface area (Å²) < 4.78 is 0. The van der Waals surface area contributed by atoms with Crippen LogP contribution in [0.15, 0.2) is 54.6 Å². The highest BCUT2D eigenvalue weighted by Crippen LogP contribution is 2.21. The van der Waals surface area contributed by atoms with Gasteiger partial charge in [0, 0.05) is 6.92 Å². The molecule has 0 saturated carbocycles. The lowest BCUT2D eigenvalue weighted by Crippen LogP contribution is -2.44. The molecule has 2 amide bonds. The maximum absolute atomic E-state index is 12.0. The Hall–Kier alpha value is -2.62. The molecule has 4 nitrogen and oxygen atoms in total. The summed E-state index contributed by atoms with van der Waals surface area (Å²) in [7, 11) is 0. The lowest BCUT2D eigenvalue weighted by molar-refractivity contribution is -0.128. The van der Waals surface area contributed by atoms with Crippen molar-refractivity contribution < 1.29 is 9.59 Å². The van der Waals surface area contributed by atoms with Gasteiger partial charge in [-0.15, -0.1) is 0 Å². The van der Waals surface area contributed by atoms with Crippen LogP contribution >= 0.6 is 0 Å². The van der Waals surface area contributed by atoms with Gasteiger partial charge in [-0.05, 0) is 30.5 Å². The normalized spacial score (nSPS) is 13.0. The molecule has 0 aromatic heterocycles. The van der Waals surface area contributed by atoms with Crippen molar-refractivity contribution in [3.05, 3.63) is 60.2 Å². The Morgan fingerprint density at radius 1 is 0.826 bits per heavy atom. The fraction of sp³-hybridized carbons (Fsp3) is 0.263. The van der Waals surface area contributed by atoms with Crippen LogP contribution in [0.2, 0.25) is 0 Å². The van der Waals surface area contributed by atoms with Gasteiger partial charge in [-0.1, -0.05) is 54.6 Å². The number of nitrogens with one attached hydrogen (secondary N) is 2. The van der Waals surface area contributed by atoms with Gasteiger partial charge in [-0.3, -0.25) is 9.59 Å². The zero-order valence-electron chi connectivity index (χ0n) is 13.7. The monoisotopic (exact) mass is 310 g/mol. The number of carbonyl (C=O) groups is 2. The number of carbonyl (C=O) groups excluding carboxylic acids is 2. The Morgan fingerprint density at radius 2 is 1.39 bits per heavy atom. The van der Waals surface area contributed by atoms with E-state index in [4.69, 9.17) is 0 Å². The van der Waals surface area contributed by atoms with Crippen LogP contribution in [0.25, 0.3) is 11.1 Å². The third kappa shape index (κ3) is 4.68. The van der Waals surface area contributed by atoms with Gasteiger partial charge in [-0.2, -0.15) is 0 Å². The molecule has 0 fully saturated rings. The third-order valence-corrected chi connectivity index (χ3v) is 3.69. The molecule has 2 unspecified atom stereocenters. The zero-order chi connectivity index (χ0) is 16.8. The first-order chi connectivity index (χ1) is 11.0. The standard InChI is InChI=1S/C19H22N2O2/c1-13(21-19(23)14(2)20-15(3)22)16-9-11-18(12-10-16)17-7-5-4-6-8-17/h4-14H,1-3H3,(H,20,22)(H,21,23). The van der Waals surface area contributed by atoms with Crippen molar-refractivity contribution >= 4 is 11.8 Å². The van der Waals surface area contributed by atoms with Crippen LogP contribution in [-0.4, -0.2) is 17.9 Å². The molecule has 23 heavy (non-hydrogen) atoms. The van der Waals surface area contributed by atoms with Crippen molar-refractivity contribution in [2.24, 2.45) is 0 Å². The van der Waals surface area contributed by atoms with E-state index in [-0.39, 0.29) is 17.9 Å². The number of benzene rings is 2. The van der Waals surface area contributed by atoms with Crippen LogP contribution in [0.1, 0.15) is 32.4 Å². The minimum Gasteiger partial charge on any atom is -0.348 e. The molecular weight excluding hydrogens is 288 g/mol. The van der Waals surface area contributed by atoms with E-state index in [0.29, 0.717) is 0 Å². The molecule has 0 aliphatic heterocycles. The fourth-order valence-electron chi connectivity index (χ4n) is 2.39. The van der Waals surface area contributed by atoms with Crippen molar-refractivity contribution in [2.45, 2.75) is 32.9 Å². The molecule has 0 aliphatic rings. The average molecular weight is 310 g/mol. The molecule has 4 heteroatoms. The fourth-order valence-corrected chi connectivity index (χ4v) is 2.39. The van der Waals surface area contributed by atoms with Gasteiger partial charge in [0.2, 0.25) is 11.8 Å². The third-order valence-electron chi connectivity index (χ3n) is 3.69. The Kier molecular flexibility index (Phi) is 5.52. The highest BCUT2D eigenvalue weighted by atomic mass is 16.2. The largest absolute Gasteiger partial charge is 0.348 e. The van der Waals surface area contributed by atoms with Crippen molar-refractivity contribution in [1.29, 1.82) is 0 Å². The highest BCUT2D eigenvalue weighted by Gasteiger charge is 2.16. The Labute approximate surface area is 136 Å². The molecule has 0 radical (unpaired) electrons. The minimum absolute atomic E-state index is 0.122. The zero-order valence-corrected chi connectivity index (χ0v) is 13.7. The summed E-state index contributed by atoms with van der Waals surface area (Å²) in [5.74, 6) is -0.410. The number of hydrogen-bond acceptors (Lipinski definition) is 2. The van der Waals surface area contributed by atoms with E-state index in [0.717, 1.165) is 16.7 Å². The summed E-state index contributed by atoms with van der Waals surface area (Å²) in [6, 6.07) is 17.6. The summed E-state index contributed by atoms with van der Waals surface area (Å²) in [6.07, 6.45) is 0. The lowest BCUT2D eigenvalue weighted by Gasteiger charge is -2.18. The first-order valence-corrected chi connectivity index (χ1v) is 7.70. The molecule has 2 aromatic carbocycles. The summed E-state index contributed by atoms with van der Waals surface area (Å²) in [5.41, 5.74) is 3.32. The van der Waals surface area contributed by atoms with Crippen LogP contribution in [0.4, 0.5) is 0 Å². The van der Waals surface area contributed by atoms with E-state index in [9.17, 15) is 9.59 Å². The second-order valence-corrected chi connectivity index (χ2v) is 5.64. The second-order valence-electron chi connectivity index (χ2n) is 5.64. The molecular formula is C19H22N2O2. The van der Waals surface area contributed by atoms with E-state index in [1.165, 1.54) is 6.92 Å². The maximum atomic E-state index is 12.0. The van der Waals surface area contributed by atoms with Gasteiger partial charge < -0.3 is 10.6 Å². The van der Waals surface area contributed by atoms with Crippen LogP contribution in [0.3, 0.4) is 0 Å². The van der Waals surface area contributed by atoms with E-state index in [1.54, 1.807) is 6.92 Å². The first kappa shape index (κ1) is 16.7. The Bertz CT molecular complexity index is 666. The Morgan fingerprint density at radius 3 is 1.96 bits per heavy atom. The van der Waals surface area contributed by atoms with Crippen LogP contribution in [0, 0.1) is 0 Å². The van der Waals surface area contributed by atoms with Gasteiger partial charge in [0.1, 0.15) is 6.04 Å². The number of hydrogen-bond donors (Lipinski definition) is 2. The number of amides is 2. The Balaban J connectivity index is 2.01. The molecule has 2 atom stereocenters. The van der Waals surface area contributed by atoms with Gasteiger partial charge in [0.25, 0.3) is 0 Å². The topological polar surface area (TPSA) is 58.2 Å². The summed E-state index contributed by atoms with van der Waals surface area (Å²) >= 11 is 0. The summed E-state index contributed by atoms with van der Waals surface area (Å²) in [5, 5.41) is 5.49. The molecule has 0 aliphatic carbocycles. The smallest absolute Gasteiger partial charge is 0.242 e. The van der Waals surface area contributed by atoms with E-state index in [1.807, 2.05) is 49.4 Å². The first-order valence-electron chi connectivity index (χ1n) is 7.70. The summed E-state index contributed by atoms with van der Waals surface area (Å²) in [6.45, 7) is 4.99. The molecule has 2 rings (SSSR count). The van der Waals surface area contributed by atoms with Crippen LogP contribution in [-0.2, 0) is 9.59 Å². The van der Waals surface area contributed by atoms with Gasteiger partial charge in [0.05, 0.1) is 6.04 Å². The molecule has 0 saturated heterocycles. The molecule has 0 bridgehead atoms. The SMILES string of the molecule is CC(=O)NC(C)C(=O)NC(C)c1ccc(-c2ccccc2)cc1. The molecule has 2 N–H and O–H groups in total. The molecule has 0 spiro atoms. The van der Waals surface area contributed by atoms with E-state index in [2.05, 4.69) is 22.8 Å². The molecule has 0 heterocycles. The highest BCUT2D eigenvalue weighted by molar-refractivity contribution is 5.86. The van der Waals surface area contributed by atoms with Gasteiger partial charge in [-0.25, -0.2) is 0 Å². The van der Waals surface area contributed by atoms with Crippen molar-refractivity contribution in [3.63, 3.8) is 0 Å². The molecule has 120 valence electrons. The van der Waals surface area contributed by atoms with E-state index < -0.39 is 6.04 Å². The summed E-state index contributed by atoms with van der Waals surface area (Å²) in [4.78, 5) is 23.0. The van der Waals surface area contributed by atoms with Crippen molar-refractivity contribution in [3.8, 4) is 11.1 Å². The quantitative estimate of drug-likeness (QED) is 0.891. The van der Waals surface area contributed by atoms with Crippen LogP contribution in [0.5, 0.6) is 0 Å². The predicted octanol–water partition coefficient (Wildman–Crippen LogP) is 3.06. The predicted molar refractivity (Wildman–Crippen MR) is 91.7 cm³/mol. The second kappa shape index (κ2) is 7.58. The van der Waals surface area contributed by atoms with Crippen LogP contribution < -0.4 is 10.6 Å². The molecule has 2 aromatic rings. The van der Waals surface area contributed by atoms with Gasteiger partial charge >= 0.3 is 0 Å². The average Bonchev–Trinajstić information content (AvgIpc) is 2.55. The van der Waals surface area contributed by atoms with Crippen molar-refractivity contribution in [1.82, 2.24) is 10.6 Å². The van der Waals surface area contributed by atoms with Gasteiger partial charge in [0.15, 0.2) is 0 Å². The maximum Gasteiger partial charge on any atom is 0.242 e. The number of rotatable bonds is 5. The lowest BCUT2D eigenvalue weighted by atomic mass is 10.0.